The molecule has 0 spiro atoms. The fraction of sp³-hybridized carbons (Fsp3) is 0.0909. The molecule has 6 rings (SSSR count). The highest BCUT2D eigenvalue weighted by Crippen LogP contribution is 2.43. The molecule has 0 radical (unpaired) electrons. The molecule has 0 aliphatic carbocycles. The van der Waals surface area contributed by atoms with Gasteiger partial charge in [0.25, 0.3) is 0 Å². The summed E-state index contributed by atoms with van der Waals surface area (Å²) in [6.07, 6.45) is 1.41. The van der Waals surface area contributed by atoms with Crippen LogP contribution in [-0.2, 0) is 7.05 Å². The molecule has 0 fully saturated rings. The van der Waals surface area contributed by atoms with E-state index in [1.54, 1.807) is 35.9 Å². The number of hydrogen-bond donors (Lipinski definition) is 0. The van der Waals surface area contributed by atoms with E-state index in [4.69, 9.17) is 8.53 Å². The van der Waals surface area contributed by atoms with Crippen molar-refractivity contribution in [2.24, 2.45) is 7.05 Å². The third-order valence-electron chi connectivity index (χ3n) is 6.89. The van der Waals surface area contributed by atoms with Gasteiger partial charge in [-0.1, -0.05) is 60.7 Å². The molecule has 0 bridgehead atoms. The molecule has 0 unspecified atom stereocenters. The SMILES string of the molecule is [2H]C([2H])([2H])c1cc(-c2ccccc2)ccc1-c1c(C#N)ccc2c1oc1c(-c3ccc(F)c[n+]3C)c(C)ccc12. The van der Waals surface area contributed by atoms with E-state index in [-0.39, 0.29) is 11.4 Å². The van der Waals surface area contributed by atoms with Crippen molar-refractivity contribution in [1.82, 2.24) is 0 Å². The summed E-state index contributed by atoms with van der Waals surface area (Å²) in [5.74, 6) is -0.349. The van der Waals surface area contributed by atoms with Crippen molar-refractivity contribution in [3.63, 3.8) is 0 Å². The molecule has 0 saturated heterocycles. The Kier molecular flexibility index (Phi) is 4.58. The second-order valence-electron chi connectivity index (χ2n) is 9.18. The van der Waals surface area contributed by atoms with Crippen LogP contribution in [0.2, 0.25) is 0 Å². The molecule has 6 aromatic rings. The standard InChI is InChI=1S/C33H24FN2O/c1-20-9-13-27-28-15-11-24(18-35)31(26-14-10-23(17-21(26)2)22-7-5-4-6-8-22)33(28)37-32(27)30(20)29-16-12-25(34)19-36(29)3/h4-17,19H,1-3H3/q+1/i2D3. The first-order valence-corrected chi connectivity index (χ1v) is 11.9. The lowest BCUT2D eigenvalue weighted by molar-refractivity contribution is -0.661. The van der Waals surface area contributed by atoms with Gasteiger partial charge in [-0.2, -0.15) is 9.83 Å². The number of nitrogens with zero attached hydrogens (tertiary/aromatic N) is 2. The van der Waals surface area contributed by atoms with Crippen molar-refractivity contribution in [1.29, 1.82) is 5.26 Å². The molecular weight excluding hydrogens is 459 g/mol. The molecule has 0 amide bonds. The lowest BCUT2D eigenvalue weighted by Crippen LogP contribution is -2.31. The summed E-state index contributed by atoms with van der Waals surface area (Å²) in [6, 6.07) is 27.7. The minimum absolute atomic E-state index is 0.139. The molecule has 37 heavy (non-hydrogen) atoms. The van der Waals surface area contributed by atoms with Crippen LogP contribution in [0.5, 0.6) is 0 Å². The first-order valence-electron chi connectivity index (χ1n) is 13.4. The Morgan fingerprint density at radius 1 is 0.838 bits per heavy atom. The van der Waals surface area contributed by atoms with Crippen LogP contribution in [0.3, 0.4) is 0 Å². The van der Waals surface area contributed by atoms with E-state index in [1.165, 1.54) is 12.3 Å². The van der Waals surface area contributed by atoms with Gasteiger partial charge < -0.3 is 4.42 Å². The van der Waals surface area contributed by atoms with E-state index < -0.39 is 6.85 Å². The minimum atomic E-state index is -2.44. The third kappa shape index (κ3) is 3.68. The van der Waals surface area contributed by atoms with Crippen LogP contribution < -0.4 is 4.57 Å². The van der Waals surface area contributed by atoms with E-state index in [0.29, 0.717) is 27.9 Å². The van der Waals surface area contributed by atoms with E-state index in [2.05, 4.69) is 6.07 Å². The highest BCUT2D eigenvalue weighted by Gasteiger charge is 2.24. The zero-order chi connectivity index (χ0) is 28.2. The Bertz CT molecular complexity index is 1990. The normalized spacial score (nSPS) is 12.8. The molecule has 3 nitrogen and oxygen atoms in total. The average molecular weight is 487 g/mol. The topological polar surface area (TPSA) is 40.8 Å². The summed E-state index contributed by atoms with van der Waals surface area (Å²) < 4.78 is 47.3. The van der Waals surface area contributed by atoms with Crippen LogP contribution in [0.25, 0.3) is 55.4 Å². The van der Waals surface area contributed by atoms with Crippen molar-refractivity contribution < 1.29 is 17.5 Å². The maximum atomic E-state index is 13.9. The Hall–Kier alpha value is -4.75. The molecule has 0 aliphatic rings. The van der Waals surface area contributed by atoms with Gasteiger partial charge in [-0.05, 0) is 59.8 Å². The highest BCUT2D eigenvalue weighted by molar-refractivity contribution is 6.14. The first kappa shape index (κ1) is 19.4. The van der Waals surface area contributed by atoms with E-state index in [0.717, 1.165) is 38.7 Å². The number of fused-ring (bicyclic) bond motifs is 3. The summed E-state index contributed by atoms with van der Waals surface area (Å²) >= 11 is 0. The van der Waals surface area contributed by atoms with Crippen LogP contribution in [0.4, 0.5) is 4.39 Å². The number of pyridine rings is 1. The maximum Gasteiger partial charge on any atom is 0.216 e. The predicted octanol–water partition coefficient (Wildman–Crippen LogP) is 8.04. The Labute approximate surface area is 218 Å². The van der Waals surface area contributed by atoms with Crippen molar-refractivity contribution in [3.8, 4) is 39.6 Å². The molecule has 0 N–H and O–H groups in total. The van der Waals surface area contributed by atoms with Gasteiger partial charge in [0.15, 0.2) is 5.82 Å². The largest absolute Gasteiger partial charge is 0.454 e. The lowest BCUT2D eigenvalue weighted by atomic mass is 9.91. The molecule has 178 valence electrons. The lowest BCUT2D eigenvalue weighted by Gasteiger charge is -2.11. The van der Waals surface area contributed by atoms with Crippen molar-refractivity contribution >= 4 is 21.9 Å². The number of benzene rings is 4. The maximum absolute atomic E-state index is 13.9. The molecular formula is C33H24FN2O+. The number of nitriles is 1. The zero-order valence-electron chi connectivity index (χ0n) is 23.3. The number of rotatable bonds is 3. The van der Waals surface area contributed by atoms with E-state index in [1.807, 2.05) is 61.5 Å². The molecule has 0 saturated carbocycles. The molecule has 4 heteroatoms. The Morgan fingerprint density at radius 2 is 1.59 bits per heavy atom. The van der Waals surface area contributed by atoms with Gasteiger partial charge in [0.05, 0.1) is 17.2 Å². The second-order valence-corrected chi connectivity index (χ2v) is 9.18. The van der Waals surface area contributed by atoms with Crippen LogP contribution in [0.15, 0.2) is 95.5 Å². The van der Waals surface area contributed by atoms with Crippen molar-refractivity contribution in [2.75, 3.05) is 0 Å². The molecule has 2 heterocycles. The fourth-order valence-electron chi connectivity index (χ4n) is 5.09. The fourth-order valence-corrected chi connectivity index (χ4v) is 5.09. The summed E-state index contributed by atoms with van der Waals surface area (Å²) in [5.41, 5.74) is 6.51. The van der Waals surface area contributed by atoms with Gasteiger partial charge in [-0.15, -0.1) is 0 Å². The molecule has 0 atom stereocenters. The summed E-state index contributed by atoms with van der Waals surface area (Å²) in [6.45, 7) is -0.480. The van der Waals surface area contributed by atoms with Crippen LogP contribution in [-0.4, -0.2) is 0 Å². The summed E-state index contributed by atoms with van der Waals surface area (Å²) in [5, 5.41) is 11.7. The number of furan rings is 1. The molecule has 0 aliphatic heterocycles. The van der Waals surface area contributed by atoms with Crippen molar-refractivity contribution in [3.05, 3.63) is 114 Å². The third-order valence-corrected chi connectivity index (χ3v) is 6.89. The first-order chi connectivity index (χ1) is 19.2. The number of halogens is 1. The number of hydrogen-bond acceptors (Lipinski definition) is 2. The Morgan fingerprint density at radius 3 is 2.32 bits per heavy atom. The minimum Gasteiger partial charge on any atom is -0.454 e. The zero-order valence-corrected chi connectivity index (χ0v) is 20.3. The number of aryl methyl sites for hydroxylation is 3. The smallest absolute Gasteiger partial charge is 0.216 e. The van der Waals surface area contributed by atoms with Gasteiger partial charge in [-0.25, -0.2) is 4.39 Å². The summed E-state index contributed by atoms with van der Waals surface area (Å²) in [4.78, 5) is 0. The molecule has 2 aromatic heterocycles. The van der Waals surface area contributed by atoms with Gasteiger partial charge >= 0.3 is 0 Å². The quantitative estimate of drug-likeness (QED) is 0.238. The van der Waals surface area contributed by atoms with Gasteiger partial charge in [0.1, 0.15) is 18.2 Å². The summed E-state index contributed by atoms with van der Waals surface area (Å²) in [7, 11) is 1.77. The number of aromatic nitrogens is 1. The average Bonchev–Trinajstić information content (AvgIpc) is 3.31. The highest BCUT2D eigenvalue weighted by atomic mass is 19.1. The van der Waals surface area contributed by atoms with Gasteiger partial charge in [0.2, 0.25) is 11.9 Å². The Balaban J connectivity index is 1.69. The van der Waals surface area contributed by atoms with Gasteiger partial charge in [-0.3, -0.25) is 0 Å². The van der Waals surface area contributed by atoms with Crippen LogP contribution in [0.1, 0.15) is 20.8 Å². The van der Waals surface area contributed by atoms with Crippen LogP contribution >= 0.6 is 0 Å². The van der Waals surface area contributed by atoms with E-state index >= 15 is 0 Å². The predicted molar refractivity (Wildman–Crippen MR) is 145 cm³/mol. The van der Waals surface area contributed by atoms with Gasteiger partial charge in [0, 0.05) is 26.5 Å². The van der Waals surface area contributed by atoms with Crippen molar-refractivity contribution in [2.45, 2.75) is 13.8 Å². The second kappa shape index (κ2) is 8.72. The van der Waals surface area contributed by atoms with E-state index in [9.17, 15) is 9.65 Å². The monoisotopic (exact) mass is 486 g/mol. The molecule has 4 aromatic carbocycles. The van der Waals surface area contributed by atoms with Crippen LogP contribution in [0, 0.1) is 30.9 Å².